The number of hydrogen-bond donors (Lipinski definition) is 2. The molecule has 3 rings (SSSR count). The van der Waals surface area contributed by atoms with Gasteiger partial charge in [-0.15, -0.1) is 0 Å². The molecule has 0 spiro atoms. The van der Waals surface area contributed by atoms with Crippen LogP contribution >= 0.6 is 0 Å². The molecule has 1 aromatic carbocycles. The van der Waals surface area contributed by atoms with Gasteiger partial charge in [-0.05, 0) is 43.2 Å². The van der Waals surface area contributed by atoms with E-state index in [9.17, 15) is 9.59 Å². The van der Waals surface area contributed by atoms with Crippen molar-refractivity contribution in [1.82, 2.24) is 10.3 Å². The number of rotatable bonds is 6. The predicted octanol–water partition coefficient (Wildman–Crippen LogP) is 1.98. The number of aromatic nitrogens is 1. The Labute approximate surface area is 152 Å². The van der Waals surface area contributed by atoms with Gasteiger partial charge in [0.05, 0.1) is 5.69 Å². The van der Waals surface area contributed by atoms with Crippen molar-refractivity contribution in [2.45, 2.75) is 13.3 Å². The molecule has 136 valence electrons. The van der Waals surface area contributed by atoms with Crippen molar-refractivity contribution in [2.24, 2.45) is 0 Å². The van der Waals surface area contributed by atoms with Crippen LogP contribution < -0.4 is 20.3 Å². The maximum Gasteiger partial charge on any atom is 0.264 e. The highest BCUT2D eigenvalue weighted by molar-refractivity contribution is 6.00. The third-order valence-electron chi connectivity index (χ3n) is 4.16. The fraction of sp³-hybridized carbons (Fsp3) is 0.316. The third-order valence-corrected chi connectivity index (χ3v) is 4.16. The molecule has 2 N–H and O–H groups in total. The van der Waals surface area contributed by atoms with Gasteiger partial charge in [0, 0.05) is 31.9 Å². The topological polar surface area (TPSA) is 83.6 Å². The summed E-state index contributed by atoms with van der Waals surface area (Å²) in [6.07, 6.45) is 2.58. The van der Waals surface area contributed by atoms with Crippen LogP contribution in [0.15, 0.2) is 36.5 Å². The summed E-state index contributed by atoms with van der Waals surface area (Å²) in [6, 6.07) is 9.03. The van der Waals surface area contributed by atoms with Crippen LogP contribution in [0.2, 0.25) is 0 Å². The highest BCUT2D eigenvalue weighted by Crippen LogP contribution is 2.31. The molecule has 7 heteroatoms. The summed E-state index contributed by atoms with van der Waals surface area (Å²) < 4.78 is 5.37. The second kappa shape index (κ2) is 7.86. The summed E-state index contributed by atoms with van der Waals surface area (Å²) in [5, 5.41) is 6.10. The van der Waals surface area contributed by atoms with Crippen LogP contribution in [0.4, 0.5) is 11.5 Å². The molecular weight excluding hydrogens is 332 g/mol. The quantitative estimate of drug-likeness (QED) is 0.775. The number of nitrogens with one attached hydrogen (secondary N) is 2. The van der Waals surface area contributed by atoms with Gasteiger partial charge >= 0.3 is 0 Å². The van der Waals surface area contributed by atoms with Gasteiger partial charge < -0.3 is 20.3 Å². The first-order valence-corrected chi connectivity index (χ1v) is 8.53. The van der Waals surface area contributed by atoms with Gasteiger partial charge in [-0.25, -0.2) is 4.98 Å². The van der Waals surface area contributed by atoms with Crippen LogP contribution in [-0.2, 0) is 4.79 Å². The lowest BCUT2D eigenvalue weighted by molar-refractivity contribution is -0.120. The molecular formula is C19H22N4O3. The van der Waals surface area contributed by atoms with Gasteiger partial charge in [0.1, 0.15) is 11.6 Å². The first-order chi connectivity index (χ1) is 12.5. The average molecular weight is 354 g/mol. The summed E-state index contributed by atoms with van der Waals surface area (Å²) >= 11 is 0. The molecule has 0 atom stereocenters. The summed E-state index contributed by atoms with van der Waals surface area (Å²) in [5.41, 5.74) is 2.23. The average Bonchev–Trinajstić information content (AvgIpc) is 2.65. The highest BCUT2D eigenvalue weighted by atomic mass is 16.5. The molecule has 1 aliphatic heterocycles. The number of amides is 2. The number of benzene rings is 1. The van der Waals surface area contributed by atoms with Crippen molar-refractivity contribution < 1.29 is 14.3 Å². The molecule has 2 heterocycles. The minimum Gasteiger partial charge on any atom is -0.482 e. The summed E-state index contributed by atoms with van der Waals surface area (Å²) in [5.74, 6) is 1.13. The van der Waals surface area contributed by atoms with Gasteiger partial charge in [-0.2, -0.15) is 0 Å². The van der Waals surface area contributed by atoms with E-state index in [4.69, 9.17) is 4.74 Å². The fourth-order valence-electron chi connectivity index (χ4n) is 2.59. The van der Waals surface area contributed by atoms with Gasteiger partial charge in [-0.3, -0.25) is 9.59 Å². The van der Waals surface area contributed by atoms with Gasteiger partial charge in [0.15, 0.2) is 6.61 Å². The van der Waals surface area contributed by atoms with Crippen LogP contribution in [0, 0.1) is 6.92 Å². The predicted molar refractivity (Wildman–Crippen MR) is 99.8 cm³/mol. The van der Waals surface area contributed by atoms with E-state index < -0.39 is 0 Å². The molecule has 26 heavy (non-hydrogen) atoms. The van der Waals surface area contributed by atoms with E-state index >= 15 is 0 Å². The summed E-state index contributed by atoms with van der Waals surface area (Å²) in [6.45, 7) is 3.27. The van der Waals surface area contributed by atoms with Gasteiger partial charge in [0.25, 0.3) is 11.8 Å². The molecule has 1 aromatic heterocycles. The molecule has 0 bridgehead atoms. The van der Waals surface area contributed by atoms with E-state index in [1.807, 2.05) is 25.3 Å². The van der Waals surface area contributed by atoms with E-state index in [0.29, 0.717) is 30.1 Å². The number of fused-ring (bicyclic) bond motifs is 1. The van der Waals surface area contributed by atoms with Crippen LogP contribution in [-0.4, -0.2) is 43.5 Å². The number of carbonyl (C=O) groups is 2. The first kappa shape index (κ1) is 17.7. The number of aryl methyl sites for hydroxylation is 1. The smallest absolute Gasteiger partial charge is 0.264 e. The van der Waals surface area contributed by atoms with E-state index in [1.165, 1.54) is 4.90 Å². The van der Waals surface area contributed by atoms with Crippen LogP contribution in [0.25, 0.3) is 0 Å². The van der Waals surface area contributed by atoms with Crippen molar-refractivity contribution in [1.29, 1.82) is 0 Å². The van der Waals surface area contributed by atoms with Crippen molar-refractivity contribution in [2.75, 3.05) is 37.0 Å². The molecule has 0 radical (unpaired) electrons. The molecule has 0 saturated carbocycles. The molecule has 0 saturated heterocycles. The molecule has 0 aliphatic carbocycles. The van der Waals surface area contributed by atoms with Crippen molar-refractivity contribution in [3.8, 4) is 5.75 Å². The molecule has 0 fully saturated rings. The Morgan fingerprint density at radius 1 is 1.27 bits per heavy atom. The maximum absolute atomic E-state index is 12.3. The van der Waals surface area contributed by atoms with Crippen LogP contribution in [0.1, 0.15) is 22.3 Å². The molecule has 2 aromatic rings. The number of carbonyl (C=O) groups excluding carboxylic acids is 2. The van der Waals surface area contributed by atoms with Crippen molar-refractivity contribution in [3.63, 3.8) is 0 Å². The van der Waals surface area contributed by atoms with Gasteiger partial charge in [0.2, 0.25) is 0 Å². The molecule has 1 aliphatic rings. The SMILES string of the molecule is Cc1ccc(NCCCNC(=O)c2ccc3c(c2)N(C)C(=O)CO3)nc1. The Morgan fingerprint density at radius 3 is 2.88 bits per heavy atom. The lowest BCUT2D eigenvalue weighted by Gasteiger charge is -2.26. The minimum absolute atomic E-state index is 0.0257. The zero-order valence-electron chi connectivity index (χ0n) is 14.9. The van der Waals surface area contributed by atoms with Gasteiger partial charge in [-0.1, -0.05) is 6.07 Å². The molecule has 0 unspecified atom stereocenters. The third kappa shape index (κ3) is 4.11. The zero-order chi connectivity index (χ0) is 18.5. The van der Waals surface area contributed by atoms with E-state index in [-0.39, 0.29) is 18.4 Å². The number of nitrogens with zero attached hydrogens (tertiary/aromatic N) is 2. The number of likely N-dealkylation sites (N-methyl/N-ethyl adjacent to an activating group) is 1. The molecule has 2 amide bonds. The second-order valence-corrected chi connectivity index (χ2v) is 6.18. The Balaban J connectivity index is 1.48. The zero-order valence-corrected chi connectivity index (χ0v) is 14.9. The van der Waals surface area contributed by atoms with Crippen LogP contribution in [0.3, 0.4) is 0 Å². The maximum atomic E-state index is 12.3. The van der Waals surface area contributed by atoms with E-state index in [0.717, 1.165) is 17.8 Å². The van der Waals surface area contributed by atoms with E-state index in [2.05, 4.69) is 15.6 Å². The number of anilines is 2. The number of pyridine rings is 1. The summed E-state index contributed by atoms with van der Waals surface area (Å²) in [7, 11) is 1.68. The lowest BCUT2D eigenvalue weighted by atomic mass is 10.1. The standard InChI is InChI=1S/C19H22N4O3/c1-13-4-7-17(22-11-13)20-8-3-9-21-19(25)14-5-6-16-15(10-14)23(2)18(24)12-26-16/h4-7,10-11H,3,8-9,12H2,1-2H3,(H,20,22)(H,21,25). The fourth-order valence-corrected chi connectivity index (χ4v) is 2.59. The Morgan fingerprint density at radius 2 is 2.12 bits per heavy atom. The highest BCUT2D eigenvalue weighted by Gasteiger charge is 2.23. The monoisotopic (exact) mass is 354 g/mol. The second-order valence-electron chi connectivity index (χ2n) is 6.18. The number of ether oxygens (including phenoxy) is 1. The van der Waals surface area contributed by atoms with E-state index in [1.54, 1.807) is 25.2 Å². The largest absolute Gasteiger partial charge is 0.482 e. The van der Waals surface area contributed by atoms with Crippen molar-refractivity contribution in [3.05, 3.63) is 47.7 Å². The Kier molecular flexibility index (Phi) is 5.36. The minimum atomic E-state index is -0.173. The lowest BCUT2D eigenvalue weighted by Crippen LogP contribution is -2.35. The Bertz CT molecular complexity index is 805. The van der Waals surface area contributed by atoms with Crippen molar-refractivity contribution >= 4 is 23.3 Å². The Hall–Kier alpha value is -3.09. The van der Waals surface area contributed by atoms with Crippen LogP contribution in [0.5, 0.6) is 5.75 Å². The normalized spacial score (nSPS) is 13.0. The number of hydrogen-bond acceptors (Lipinski definition) is 5. The molecule has 7 nitrogen and oxygen atoms in total. The first-order valence-electron chi connectivity index (χ1n) is 8.53. The summed E-state index contributed by atoms with van der Waals surface area (Å²) in [4.78, 5) is 29.8.